The molecule has 0 bridgehead atoms. The highest BCUT2D eigenvalue weighted by molar-refractivity contribution is 5.99. The molecule has 0 fully saturated rings. The van der Waals surface area contributed by atoms with Crippen molar-refractivity contribution in [3.05, 3.63) is 90.4 Å². The number of carbonyl (C=O) groups is 1. The number of aromatic nitrogens is 4. The van der Waals surface area contributed by atoms with Crippen LogP contribution in [0.25, 0.3) is 16.9 Å². The molecule has 1 N–H and O–H groups in total. The first-order valence-corrected chi connectivity index (χ1v) is 8.66. The van der Waals surface area contributed by atoms with E-state index in [4.69, 9.17) is 0 Å². The van der Waals surface area contributed by atoms with Gasteiger partial charge in [0.05, 0.1) is 35.4 Å². The molecule has 6 heteroatoms. The Kier molecular flexibility index (Phi) is 4.53. The SMILES string of the molecule is CN(Cc1ccn(-c2ccccc2)n1)C(=O)c1cn[nH]c1-c1ccccc1. The fourth-order valence-electron chi connectivity index (χ4n) is 2.96. The van der Waals surface area contributed by atoms with Crippen molar-refractivity contribution in [3.8, 4) is 16.9 Å². The average Bonchev–Trinajstić information content (AvgIpc) is 3.38. The summed E-state index contributed by atoms with van der Waals surface area (Å²) in [7, 11) is 1.77. The lowest BCUT2D eigenvalue weighted by Gasteiger charge is -2.16. The summed E-state index contributed by atoms with van der Waals surface area (Å²) in [4.78, 5) is 14.6. The first-order chi connectivity index (χ1) is 13.2. The van der Waals surface area contributed by atoms with E-state index < -0.39 is 0 Å². The molecule has 0 aliphatic heterocycles. The summed E-state index contributed by atoms with van der Waals surface area (Å²) in [5, 5.41) is 11.6. The smallest absolute Gasteiger partial charge is 0.257 e. The number of amides is 1. The summed E-state index contributed by atoms with van der Waals surface area (Å²) in [6.07, 6.45) is 3.47. The Morgan fingerprint density at radius 3 is 2.48 bits per heavy atom. The number of carbonyl (C=O) groups excluding carboxylic acids is 1. The summed E-state index contributed by atoms with van der Waals surface area (Å²) >= 11 is 0. The average molecular weight is 357 g/mol. The predicted octanol–water partition coefficient (Wildman–Crippen LogP) is 3.53. The van der Waals surface area contributed by atoms with Crippen LogP contribution in [0.4, 0.5) is 0 Å². The van der Waals surface area contributed by atoms with Crippen molar-refractivity contribution >= 4 is 5.91 Å². The first-order valence-electron chi connectivity index (χ1n) is 8.66. The highest BCUT2D eigenvalue weighted by Crippen LogP contribution is 2.22. The second-order valence-corrected chi connectivity index (χ2v) is 6.27. The van der Waals surface area contributed by atoms with Gasteiger partial charge in [0.2, 0.25) is 0 Å². The van der Waals surface area contributed by atoms with Gasteiger partial charge in [0.1, 0.15) is 0 Å². The minimum absolute atomic E-state index is 0.100. The normalized spacial score (nSPS) is 10.7. The first kappa shape index (κ1) is 16.8. The number of H-pyrrole nitrogens is 1. The molecule has 4 aromatic rings. The number of hydrogen-bond acceptors (Lipinski definition) is 3. The van der Waals surface area contributed by atoms with Crippen molar-refractivity contribution in [2.75, 3.05) is 7.05 Å². The second kappa shape index (κ2) is 7.29. The van der Waals surface area contributed by atoms with Crippen LogP contribution in [0, 0.1) is 0 Å². The van der Waals surface area contributed by atoms with E-state index in [-0.39, 0.29) is 5.91 Å². The zero-order valence-corrected chi connectivity index (χ0v) is 14.9. The highest BCUT2D eigenvalue weighted by atomic mass is 16.2. The molecule has 0 spiro atoms. The number of rotatable bonds is 5. The third-order valence-electron chi connectivity index (χ3n) is 4.34. The lowest BCUT2D eigenvalue weighted by molar-refractivity contribution is 0.0784. The Hall–Kier alpha value is -3.67. The van der Waals surface area contributed by atoms with Crippen LogP contribution >= 0.6 is 0 Å². The molecule has 27 heavy (non-hydrogen) atoms. The summed E-state index contributed by atoms with van der Waals surface area (Å²) in [5.41, 5.74) is 4.01. The zero-order chi connectivity index (χ0) is 18.6. The molecule has 2 aromatic carbocycles. The molecule has 6 nitrogen and oxygen atoms in total. The Balaban J connectivity index is 1.51. The van der Waals surface area contributed by atoms with Gasteiger partial charge < -0.3 is 4.90 Å². The summed E-state index contributed by atoms with van der Waals surface area (Å²) < 4.78 is 1.81. The van der Waals surface area contributed by atoms with Crippen molar-refractivity contribution in [3.63, 3.8) is 0 Å². The van der Waals surface area contributed by atoms with Crippen LogP contribution in [0.2, 0.25) is 0 Å². The summed E-state index contributed by atoms with van der Waals surface area (Å²) in [5.74, 6) is -0.100. The minimum Gasteiger partial charge on any atom is -0.336 e. The van der Waals surface area contributed by atoms with Crippen molar-refractivity contribution in [2.24, 2.45) is 0 Å². The van der Waals surface area contributed by atoms with Crippen LogP contribution in [0.15, 0.2) is 79.1 Å². The van der Waals surface area contributed by atoms with E-state index in [0.29, 0.717) is 12.1 Å². The maximum atomic E-state index is 12.9. The second-order valence-electron chi connectivity index (χ2n) is 6.27. The molecule has 1 amide bonds. The lowest BCUT2D eigenvalue weighted by Crippen LogP contribution is -2.26. The van der Waals surface area contributed by atoms with Gasteiger partial charge in [0.15, 0.2) is 0 Å². The summed E-state index contributed by atoms with van der Waals surface area (Å²) in [6, 6.07) is 21.5. The van der Waals surface area contributed by atoms with E-state index >= 15 is 0 Å². The van der Waals surface area contributed by atoms with Crippen molar-refractivity contribution in [2.45, 2.75) is 6.54 Å². The molecule has 4 rings (SSSR count). The number of nitrogens with zero attached hydrogens (tertiary/aromatic N) is 4. The quantitative estimate of drug-likeness (QED) is 0.594. The molecular formula is C21H19N5O. The number of benzene rings is 2. The molecule has 134 valence electrons. The third-order valence-corrected chi connectivity index (χ3v) is 4.34. The van der Waals surface area contributed by atoms with E-state index in [9.17, 15) is 4.79 Å². The lowest BCUT2D eigenvalue weighted by atomic mass is 10.1. The number of hydrogen-bond donors (Lipinski definition) is 1. The maximum Gasteiger partial charge on any atom is 0.257 e. The standard InChI is InChI=1S/C21H19N5O/c1-25(15-17-12-13-26(24-17)18-10-6-3-7-11-18)21(27)19-14-22-23-20(19)16-8-4-2-5-9-16/h2-14H,15H2,1H3,(H,22,23). The largest absolute Gasteiger partial charge is 0.336 e. The molecule has 0 radical (unpaired) electrons. The molecule has 0 aliphatic rings. The highest BCUT2D eigenvalue weighted by Gasteiger charge is 2.19. The minimum atomic E-state index is -0.100. The third kappa shape index (κ3) is 3.50. The van der Waals surface area contributed by atoms with Gasteiger partial charge in [-0.1, -0.05) is 48.5 Å². The van der Waals surface area contributed by atoms with Crippen molar-refractivity contribution < 1.29 is 4.79 Å². The Morgan fingerprint density at radius 1 is 1.04 bits per heavy atom. The van der Waals surface area contributed by atoms with Gasteiger partial charge in [0.25, 0.3) is 5.91 Å². The van der Waals surface area contributed by atoms with Crippen molar-refractivity contribution in [1.29, 1.82) is 0 Å². The van der Waals surface area contributed by atoms with Crippen LogP contribution in [-0.2, 0) is 6.54 Å². The molecule has 0 aliphatic carbocycles. The van der Waals surface area contributed by atoms with E-state index in [0.717, 1.165) is 22.6 Å². The molecule has 0 saturated carbocycles. The van der Waals surface area contributed by atoms with Gasteiger partial charge in [-0.3, -0.25) is 9.89 Å². The van der Waals surface area contributed by atoms with Crippen LogP contribution < -0.4 is 0 Å². The monoisotopic (exact) mass is 357 g/mol. The summed E-state index contributed by atoms with van der Waals surface area (Å²) in [6.45, 7) is 0.415. The van der Waals surface area contributed by atoms with Gasteiger partial charge in [-0.15, -0.1) is 0 Å². The molecule has 0 saturated heterocycles. The number of nitrogens with one attached hydrogen (secondary N) is 1. The van der Waals surface area contributed by atoms with Gasteiger partial charge in [-0.05, 0) is 18.2 Å². The molecule has 0 atom stereocenters. The fraction of sp³-hybridized carbons (Fsp3) is 0.0952. The van der Waals surface area contributed by atoms with Gasteiger partial charge in [-0.25, -0.2) is 4.68 Å². The van der Waals surface area contributed by atoms with E-state index in [1.807, 2.05) is 72.9 Å². The molecular weight excluding hydrogens is 338 g/mol. The fourth-order valence-corrected chi connectivity index (χ4v) is 2.96. The number of para-hydroxylation sites is 1. The van der Waals surface area contributed by atoms with Crippen LogP contribution in [0.3, 0.4) is 0 Å². The van der Waals surface area contributed by atoms with Gasteiger partial charge in [-0.2, -0.15) is 10.2 Å². The Morgan fingerprint density at radius 2 is 1.74 bits per heavy atom. The van der Waals surface area contributed by atoms with Gasteiger partial charge in [0, 0.05) is 18.8 Å². The molecule has 2 aromatic heterocycles. The molecule has 2 heterocycles. The topological polar surface area (TPSA) is 66.8 Å². The van der Waals surface area contributed by atoms with Crippen LogP contribution in [0.1, 0.15) is 16.1 Å². The van der Waals surface area contributed by atoms with E-state index in [1.165, 1.54) is 0 Å². The zero-order valence-electron chi connectivity index (χ0n) is 14.9. The maximum absolute atomic E-state index is 12.9. The van der Waals surface area contributed by atoms with E-state index in [1.54, 1.807) is 22.8 Å². The van der Waals surface area contributed by atoms with Crippen LogP contribution in [-0.4, -0.2) is 37.8 Å². The molecule has 0 unspecified atom stereocenters. The Labute approximate surface area is 157 Å². The van der Waals surface area contributed by atoms with E-state index in [2.05, 4.69) is 15.3 Å². The van der Waals surface area contributed by atoms with Crippen molar-refractivity contribution in [1.82, 2.24) is 24.9 Å². The Bertz CT molecular complexity index is 1040. The van der Waals surface area contributed by atoms with Crippen LogP contribution in [0.5, 0.6) is 0 Å². The van der Waals surface area contributed by atoms with Gasteiger partial charge >= 0.3 is 0 Å². The number of aromatic amines is 1. The predicted molar refractivity (Wildman–Crippen MR) is 103 cm³/mol.